The molecule has 5 heteroatoms. The third-order valence-corrected chi connectivity index (χ3v) is 4.92. The molecule has 2 unspecified atom stereocenters. The molecule has 0 spiro atoms. The Balaban J connectivity index is 1.30. The Bertz CT molecular complexity index is 735. The van der Waals surface area contributed by atoms with E-state index in [4.69, 9.17) is 4.74 Å². The van der Waals surface area contributed by atoms with Crippen LogP contribution in [0.25, 0.3) is 0 Å². The summed E-state index contributed by atoms with van der Waals surface area (Å²) in [5, 5.41) is 0. The van der Waals surface area contributed by atoms with Crippen LogP contribution in [0.15, 0.2) is 54.6 Å². The minimum Gasteiger partial charge on any atom is -0.492 e. The lowest BCUT2D eigenvalue weighted by Gasteiger charge is -2.30. The average Bonchev–Trinajstić information content (AvgIpc) is 3.15. The number of para-hydroxylation sites is 1. The Kier molecular flexibility index (Phi) is 4.68. The summed E-state index contributed by atoms with van der Waals surface area (Å²) in [5.41, 5.74) is 8.96. The van der Waals surface area contributed by atoms with Gasteiger partial charge in [-0.15, -0.1) is 0 Å². The van der Waals surface area contributed by atoms with Crippen molar-refractivity contribution in [1.29, 1.82) is 0 Å². The Morgan fingerprint density at radius 1 is 1.04 bits per heavy atom. The van der Waals surface area contributed by atoms with Gasteiger partial charge >= 0.3 is 0 Å². The molecule has 0 bridgehead atoms. The summed E-state index contributed by atoms with van der Waals surface area (Å²) < 4.78 is 5.78. The smallest absolute Gasteiger partial charge is 0.241 e. The molecule has 5 nitrogen and oxygen atoms in total. The molecule has 2 aromatic carbocycles. The van der Waals surface area contributed by atoms with Crippen molar-refractivity contribution in [2.45, 2.75) is 31.5 Å². The number of hydrogen-bond acceptors (Lipinski definition) is 4. The molecule has 1 saturated heterocycles. The zero-order chi connectivity index (χ0) is 17.1. The number of hydrazine groups is 1. The topological polar surface area (TPSA) is 53.6 Å². The van der Waals surface area contributed by atoms with Crippen molar-refractivity contribution in [3.63, 3.8) is 0 Å². The lowest BCUT2D eigenvalue weighted by atomic mass is 9.99. The Morgan fingerprint density at radius 3 is 2.64 bits per heavy atom. The summed E-state index contributed by atoms with van der Waals surface area (Å²) in [5.74, 6) is 1.02. The van der Waals surface area contributed by atoms with Gasteiger partial charge in [-0.05, 0) is 36.1 Å². The number of nitrogens with one attached hydrogen (secondary N) is 2. The second-order valence-electron chi connectivity index (χ2n) is 6.68. The van der Waals surface area contributed by atoms with E-state index in [-0.39, 0.29) is 18.0 Å². The Morgan fingerprint density at radius 2 is 1.80 bits per heavy atom. The van der Waals surface area contributed by atoms with E-state index in [2.05, 4.69) is 29.1 Å². The van der Waals surface area contributed by atoms with Crippen molar-refractivity contribution in [1.82, 2.24) is 15.8 Å². The molecule has 25 heavy (non-hydrogen) atoms. The zero-order valence-corrected chi connectivity index (χ0v) is 14.2. The third kappa shape index (κ3) is 3.67. The van der Waals surface area contributed by atoms with Gasteiger partial charge in [-0.25, -0.2) is 5.43 Å². The number of carbonyl (C=O) groups excluding carboxylic acids is 1. The highest BCUT2D eigenvalue weighted by atomic mass is 16.5. The minimum atomic E-state index is -0.186. The summed E-state index contributed by atoms with van der Waals surface area (Å²) in [4.78, 5) is 14.8. The molecule has 1 amide bonds. The zero-order valence-electron chi connectivity index (χ0n) is 14.2. The summed E-state index contributed by atoms with van der Waals surface area (Å²) in [6.45, 7) is 2.04. The van der Waals surface area contributed by atoms with Gasteiger partial charge in [0.05, 0.1) is 6.04 Å². The maximum absolute atomic E-state index is 12.8. The van der Waals surface area contributed by atoms with Gasteiger partial charge in [0.2, 0.25) is 5.91 Å². The molecule has 0 saturated carbocycles. The van der Waals surface area contributed by atoms with Crippen LogP contribution in [0, 0.1) is 0 Å². The van der Waals surface area contributed by atoms with Gasteiger partial charge in [0.1, 0.15) is 18.4 Å². The average molecular weight is 337 g/mol. The molecule has 2 aliphatic heterocycles. The number of amides is 1. The maximum atomic E-state index is 12.8. The van der Waals surface area contributed by atoms with E-state index in [1.54, 1.807) is 0 Å². The van der Waals surface area contributed by atoms with Crippen LogP contribution in [0.2, 0.25) is 0 Å². The fourth-order valence-electron chi connectivity index (χ4n) is 3.51. The van der Waals surface area contributed by atoms with Gasteiger partial charge in [-0.2, -0.15) is 0 Å². The fourth-order valence-corrected chi connectivity index (χ4v) is 3.51. The van der Waals surface area contributed by atoms with E-state index in [9.17, 15) is 4.79 Å². The lowest BCUT2D eigenvalue weighted by Crippen LogP contribution is -2.47. The maximum Gasteiger partial charge on any atom is 0.241 e. The molecule has 0 aromatic heterocycles. The first-order chi connectivity index (χ1) is 12.3. The predicted octanol–water partition coefficient (Wildman–Crippen LogP) is 1.89. The van der Waals surface area contributed by atoms with Crippen LogP contribution < -0.4 is 15.6 Å². The van der Waals surface area contributed by atoms with Gasteiger partial charge < -0.3 is 9.64 Å². The minimum absolute atomic E-state index is 0.131. The molecule has 0 aliphatic carbocycles. The van der Waals surface area contributed by atoms with Crippen LogP contribution in [0.1, 0.15) is 17.5 Å². The normalized spacial score (nSPS) is 22.5. The number of benzene rings is 2. The fraction of sp³-hybridized carbons (Fsp3) is 0.350. The van der Waals surface area contributed by atoms with Crippen LogP contribution in [0.3, 0.4) is 0 Å². The van der Waals surface area contributed by atoms with Gasteiger partial charge in [0, 0.05) is 13.1 Å². The molecule has 0 radical (unpaired) electrons. The van der Waals surface area contributed by atoms with Gasteiger partial charge in [-0.1, -0.05) is 42.5 Å². The molecule has 1 fully saturated rings. The SMILES string of the molecule is O=C(C1CC(COc2ccccc2)NN1)N1CCc2ccccc2C1. The van der Waals surface area contributed by atoms with Crippen molar-refractivity contribution in [2.75, 3.05) is 13.2 Å². The van der Waals surface area contributed by atoms with Crippen molar-refractivity contribution in [3.05, 3.63) is 65.7 Å². The summed E-state index contributed by atoms with van der Waals surface area (Å²) in [6, 6.07) is 18.1. The molecule has 2 atom stereocenters. The van der Waals surface area contributed by atoms with E-state index in [0.29, 0.717) is 13.2 Å². The number of hydrogen-bond donors (Lipinski definition) is 2. The van der Waals surface area contributed by atoms with Crippen LogP contribution in [0.4, 0.5) is 0 Å². The lowest BCUT2D eigenvalue weighted by molar-refractivity contribution is -0.134. The summed E-state index contributed by atoms with van der Waals surface area (Å²) in [7, 11) is 0. The summed E-state index contributed by atoms with van der Waals surface area (Å²) >= 11 is 0. The Hall–Kier alpha value is -2.37. The Labute approximate surface area is 148 Å². The summed E-state index contributed by atoms with van der Waals surface area (Å²) in [6.07, 6.45) is 1.67. The molecule has 4 rings (SSSR count). The first-order valence-corrected chi connectivity index (χ1v) is 8.84. The molecule has 2 heterocycles. The van der Waals surface area contributed by atoms with Crippen molar-refractivity contribution in [3.8, 4) is 5.75 Å². The standard InChI is InChI=1S/C20H23N3O2/c24-20(23-11-10-15-6-4-5-7-16(15)13-23)19-12-17(21-22-19)14-25-18-8-2-1-3-9-18/h1-9,17,19,21-22H,10-14H2. The largest absolute Gasteiger partial charge is 0.492 e. The first kappa shape index (κ1) is 16.1. The molecular formula is C20H23N3O2. The quantitative estimate of drug-likeness (QED) is 0.895. The van der Waals surface area contributed by atoms with E-state index < -0.39 is 0 Å². The highest BCUT2D eigenvalue weighted by molar-refractivity contribution is 5.82. The van der Waals surface area contributed by atoms with Crippen LogP contribution in [-0.4, -0.2) is 36.0 Å². The highest BCUT2D eigenvalue weighted by Crippen LogP contribution is 2.20. The number of fused-ring (bicyclic) bond motifs is 1. The monoisotopic (exact) mass is 337 g/mol. The molecule has 130 valence electrons. The number of rotatable bonds is 4. The molecule has 2 aliphatic rings. The third-order valence-electron chi connectivity index (χ3n) is 4.92. The number of nitrogens with zero attached hydrogens (tertiary/aromatic N) is 1. The van der Waals surface area contributed by atoms with Gasteiger partial charge in [0.25, 0.3) is 0 Å². The van der Waals surface area contributed by atoms with Crippen LogP contribution in [0.5, 0.6) is 5.75 Å². The van der Waals surface area contributed by atoms with Crippen molar-refractivity contribution in [2.24, 2.45) is 0 Å². The first-order valence-electron chi connectivity index (χ1n) is 8.84. The van der Waals surface area contributed by atoms with Gasteiger partial charge in [0.15, 0.2) is 0 Å². The van der Waals surface area contributed by atoms with E-state index in [1.807, 2.05) is 41.3 Å². The second-order valence-corrected chi connectivity index (χ2v) is 6.68. The van der Waals surface area contributed by atoms with Gasteiger partial charge in [-0.3, -0.25) is 10.2 Å². The molecule has 2 aromatic rings. The molecular weight excluding hydrogens is 314 g/mol. The number of carbonyl (C=O) groups is 1. The van der Waals surface area contributed by atoms with Crippen LogP contribution in [-0.2, 0) is 17.8 Å². The van der Waals surface area contributed by atoms with E-state index >= 15 is 0 Å². The van der Waals surface area contributed by atoms with E-state index in [1.165, 1.54) is 11.1 Å². The molecule has 2 N–H and O–H groups in total. The highest BCUT2D eigenvalue weighted by Gasteiger charge is 2.33. The van der Waals surface area contributed by atoms with E-state index in [0.717, 1.165) is 25.1 Å². The van der Waals surface area contributed by atoms with Crippen molar-refractivity contribution < 1.29 is 9.53 Å². The van der Waals surface area contributed by atoms with Crippen LogP contribution >= 0.6 is 0 Å². The predicted molar refractivity (Wildman–Crippen MR) is 96.0 cm³/mol. The second kappa shape index (κ2) is 7.25. The number of ether oxygens (including phenoxy) is 1. The van der Waals surface area contributed by atoms with Crippen molar-refractivity contribution >= 4 is 5.91 Å².